The summed E-state index contributed by atoms with van der Waals surface area (Å²) < 4.78 is 30.9. The van der Waals surface area contributed by atoms with Crippen LogP contribution in [0.4, 0.5) is 0 Å². The first kappa shape index (κ1) is 112. The maximum absolute atomic E-state index is 11.1. The summed E-state index contributed by atoms with van der Waals surface area (Å²) >= 11 is 0. The molecule has 0 aromatic heterocycles. The lowest BCUT2D eigenvalue weighted by Crippen LogP contribution is -2.63. The van der Waals surface area contributed by atoms with E-state index in [1.54, 1.807) is 28.2 Å². The smallest absolute Gasteiger partial charge is 0.335 e. The van der Waals surface area contributed by atoms with Gasteiger partial charge in [-0.25, -0.2) is 14.4 Å². The number of carboxylic acid groups (broad SMARTS) is 3. The standard InChI is InChI=1S/C18H34N2O7.C18H36N2O6.C12H21NO7.C12H23NO6.C7H13NO6.C7H15NO5/c1-19-12(21)10-8-6-4-2-3-5-7-9-11-20-17-15(24)13(22)14(23)16(27-17)18(25)26;1-19-14(22)10-8-6-4-2-3-5-7-9-11-20-18-17(25)16(24)15(23)13(12-21)26-18;1-13-7(14)5-3-2-4-6-8(15)9(16)10(17)11(20-6)12(18)19;1-13-9(15)5-3-2-4-7-10(16)12(18)11(17)8(6-14)19-7;1-8-6-4(11)2(9)3(10)5(14-6)7(12)13;1-8-7-6(12)5(11)4(10)3(2-9)13-7/h13-17,20,22-24H,2-11H2,1H3,(H,19,21)(H,25,26);13,15-18,20-21,23-25H,2-12H2,1H3,(H,19,22);6,8-11,15-17H,2-5H2,1H3,(H,13,14)(H,18,19);7-8,10-12,14,16-18H,2-6H2,1H3,(H,13,15);2-6,8-11H,1H3,(H,12,13);3-12H,2H2,1H3. The van der Waals surface area contributed by atoms with E-state index in [0.717, 1.165) is 89.9 Å². The monoisotopic (exact) mass is 1730 g/mol. The minimum atomic E-state index is -1.66. The summed E-state index contributed by atoms with van der Waals surface area (Å²) in [6, 6.07) is 0. The quantitative estimate of drug-likeness (QED) is 0.0252. The van der Waals surface area contributed by atoms with Gasteiger partial charge in [0.2, 0.25) is 23.6 Å². The van der Waals surface area contributed by atoms with E-state index in [1.807, 2.05) is 0 Å². The Labute approximate surface area is 692 Å². The molecule has 0 bridgehead atoms. The summed E-state index contributed by atoms with van der Waals surface area (Å²) in [7, 11) is 9.40. The fourth-order valence-corrected chi connectivity index (χ4v) is 13.2. The SMILES string of the molecule is CNC(=O)CCCCC1OC(C(=O)O)C(O)C(O)C1O.CNC(=O)CCCCC1OC(CO)C(O)C(O)C1O.CNC(=O)CCCCCCCCCCNC1OC(C(=O)O)C(O)C(O)C1O.CNC(=O)CCCCCCCCCCNC1OC(CO)C(O)C(O)C1O.CNC1OC(C(=O)O)C(O)C(O)C1O.CNC1OC(CO)C(O)C(O)C1O. The molecule has 0 spiro atoms. The van der Waals surface area contributed by atoms with E-state index in [0.29, 0.717) is 77.3 Å². The van der Waals surface area contributed by atoms with Gasteiger partial charge in [0.05, 0.1) is 32.0 Å². The predicted octanol–water partition coefficient (Wildman–Crippen LogP) is -10.2. The molecule has 4 amide bonds. The molecule has 0 aromatic carbocycles. The highest BCUT2D eigenvalue weighted by atomic mass is 16.6. The Hall–Kier alpha value is -4.95. The molecule has 6 saturated heterocycles. The Morgan fingerprint density at radius 2 is 0.454 bits per heavy atom. The van der Waals surface area contributed by atoms with Crippen LogP contribution < -0.4 is 42.5 Å². The molecule has 700 valence electrons. The highest BCUT2D eigenvalue weighted by molar-refractivity contribution is 5.77. The molecule has 32 N–H and O–H groups in total. The van der Waals surface area contributed by atoms with Gasteiger partial charge in [0.1, 0.15) is 153 Å². The summed E-state index contributed by atoms with van der Waals surface area (Å²) in [4.78, 5) is 76.7. The fourth-order valence-electron chi connectivity index (χ4n) is 13.2. The van der Waals surface area contributed by atoms with Crippen molar-refractivity contribution in [2.24, 2.45) is 0 Å². The van der Waals surface area contributed by atoms with Crippen molar-refractivity contribution in [1.29, 1.82) is 0 Å². The minimum absolute atomic E-state index is 0.0474. The van der Waals surface area contributed by atoms with Crippen molar-refractivity contribution in [3.8, 4) is 0 Å². The Morgan fingerprint density at radius 3 is 0.765 bits per heavy atom. The predicted molar refractivity (Wildman–Crippen MR) is 415 cm³/mol. The summed E-state index contributed by atoms with van der Waals surface area (Å²) in [6.45, 7) is -0.0765. The van der Waals surface area contributed by atoms with Crippen molar-refractivity contribution in [1.82, 2.24) is 42.5 Å². The Bertz CT molecular complexity index is 2730. The molecule has 45 nitrogen and oxygen atoms in total. The van der Waals surface area contributed by atoms with Crippen molar-refractivity contribution < 1.29 is 185 Å². The average molecular weight is 1740 g/mol. The molecule has 0 saturated carbocycles. The van der Waals surface area contributed by atoms with Gasteiger partial charge in [0.15, 0.2) is 18.3 Å². The lowest BCUT2D eigenvalue weighted by atomic mass is 9.92. The molecule has 0 radical (unpaired) electrons. The number of ether oxygens (including phenoxy) is 6. The molecule has 6 aliphatic heterocycles. The summed E-state index contributed by atoms with van der Waals surface area (Å²) in [6.07, 6.45) is -15.5. The third-order valence-corrected chi connectivity index (χ3v) is 20.8. The van der Waals surface area contributed by atoms with Gasteiger partial charge < -0.3 is 172 Å². The van der Waals surface area contributed by atoms with Gasteiger partial charge in [0, 0.05) is 53.9 Å². The van der Waals surface area contributed by atoms with Crippen LogP contribution in [0.5, 0.6) is 0 Å². The molecule has 6 aliphatic rings. The van der Waals surface area contributed by atoms with Gasteiger partial charge in [-0.2, -0.15) is 0 Å². The second-order valence-electron chi connectivity index (χ2n) is 29.7. The molecule has 6 fully saturated rings. The van der Waals surface area contributed by atoms with Crippen LogP contribution in [0.1, 0.15) is 167 Å². The molecule has 30 unspecified atom stereocenters. The van der Waals surface area contributed by atoms with Crippen LogP contribution in [-0.2, 0) is 62.0 Å². The largest absolute Gasteiger partial charge is 0.479 e. The molecule has 0 aliphatic carbocycles. The van der Waals surface area contributed by atoms with E-state index < -0.39 is 221 Å². The second kappa shape index (κ2) is 62.2. The Morgan fingerprint density at radius 1 is 0.235 bits per heavy atom. The van der Waals surface area contributed by atoms with Crippen LogP contribution in [0.3, 0.4) is 0 Å². The summed E-state index contributed by atoms with van der Waals surface area (Å²) in [5, 5.41) is 247. The molecule has 119 heavy (non-hydrogen) atoms. The lowest BCUT2D eigenvalue weighted by Gasteiger charge is -2.40. The maximum Gasteiger partial charge on any atom is 0.335 e. The van der Waals surface area contributed by atoms with Crippen LogP contribution in [0.2, 0.25) is 0 Å². The van der Waals surface area contributed by atoms with E-state index in [2.05, 4.69) is 42.5 Å². The van der Waals surface area contributed by atoms with E-state index in [-0.39, 0.29) is 23.6 Å². The third kappa shape index (κ3) is 39.8. The number of unbranched alkanes of at least 4 members (excludes halogenated alkanes) is 16. The molecule has 30 atom stereocenters. The summed E-state index contributed by atoms with van der Waals surface area (Å²) in [5.41, 5.74) is 0. The van der Waals surface area contributed by atoms with Gasteiger partial charge in [-0.15, -0.1) is 0 Å². The van der Waals surface area contributed by atoms with Crippen LogP contribution in [-0.4, -0.2) is 423 Å². The van der Waals surface area contributed by atoms with Crippen molar-refractivity contribution in [3.05, 3.63) is 0 Å². The first-order valence-corrected chi connectivity index (χ1v) is 40.7. The first-order valence-electron chi connectivity index (χ1n) is 40.7. The zero-order valence-electron chi connectivity index (χ0n) is 68.8. The number of likely N-dealkylation sites (N-methyl/N-ethyl adjacent to an activating group) is 2. The number of carboxylic acids is 3. The number of carbonyl (C=O) groups is 7. The first-order chi connectivity index (χ1) is 56.4. The number of hydrogen-bond donors (Lipinski definition) is 32. The van der Waals surface area contributed by atoms with Crippen molar-refractivity contribution in [2.45, 2.75) is 351 Å². The molecule has 6 heterocycles. The average Bonchev–Trinajstić information content (AvgIpc) is 0.838. The number of nitrogens with one attached hydrogen (secondary N) is 8. The van der Waals surface area contributed by atoms with Crippen LogP contribution in [0, 0.1) is 0 Å². The Balaban J connectivity index is 0.000000727. The van der Waals surface area contributed by atoms with E-state index in [1.165, 1.54) is 26.9 Å². The molecule has 45 heteroatoms. The van der Waals surface area contributed by atoms with Crippen LogP contribution in [0.25, 0.3) is 0 Å². The minimum Gasteiger partial charge on any atom is -0.479 e. The van der Waals surface area contributed by atoms with Gasteiger partial charge in [0.25, 0.3) is 0 Å². The topological polar surface area (TPSA) is 757 Å². The van der Waals surface area contributed by atoms with Gasteiger partial charge in [-0.05, 0) is 78.6 Å². The highest BCUT2D eigenvalue weighted by Crippen LogP contribution is 2.29. The number of rotatable bonds is 42. The molecular weight excluding hydrogens is 1590 g/mol. The normalized spacial score (nSPS) is 34.1. The van der Waals surface area contributed by atoms with E-state index in [4.69, 9.17) is 59.1 Å². The number of carbonyl (C=O) groups excluding carboxylic acids is 4. The van der Waals surface area contributed by atoms with E-state index in [9.17, 15) is 125 Å². The van der Waals surface area contributed by atoms with Crippen molar-refractivity contribution in [2.75, 3.05) is 75.2 Å². The van der Waals surface area contributed by atoms with Gasteiger partial charge in [-0.3, -0.25) is 40.4 Å². The zero-order chi connectivity index (χ0) is 90.2. The molecule has 6 rings (SSSR count). The second-order valence-corrected chi connectivity index (χ2v) is 29.7. The number of aliphatic hydroxyl groups excluding tert-OH is 21. The number of hydrogen-bond acceptors (Lipinski definition) is 38. The lowest BCUT2D eigenvalue weighted by molar-refractivity contribution is -0.236. The maximum atomic E-state index is 11.1. The summed E-state index contributed by atoms with van der Waals surface area (Å²) in [5.74, 6) is -4.11. The van der Waals surface area contributed by atoms with E-state index >= 15 is 0 Å². The van der Waals surface area contributed by atoms with Gasteiger partial charge >= 0.3 is 17.9 Å². The van der Waals surface area contributed by atoms with Gasteiger partial charge in [-0.1, -0.05) is 89.9 Å². The Kier molecular flexibility index (Phi) is 58.6. The highest BCUT2D eigenvalue weighted by Gasteiger charge is 2.50. The number of aliphatic carboxylic acids is 3. The fraction of sp³-hybridized carbons (Fsp3) is 0.905. The third-order valence-electron chi connectivity index (χ3n) is 20.8. The van der Waals surface area contributed by atoms with Crippen molar-refractivity contribution in [3.63, 3.8) is 0 Å². The molecule has 0 aromatic rings. The number of aliphatic hydroxyl groups is 21. The zero-order valence-corrected chi connectivity index (χ0v) is 68.8. The van der Waals surface area contributed by atoms with Crippen LogP contribution in [0.15, 0.2) is 0 Å². The van der Waals surface area contributed by atoms with Crippen molar-refractivity contribution >= 4 is 41.5 Å². The molecular formula is C74H142N8O37. The number of amides is 4. The van der Waals surface area contributed by atoms with Crippen LogP contribution >= 0.6 is 0 Å².